The molecule has 1 unspecified atom stereocenters. The molecule has 1 heterocycles. The summed E-state index contributed by atoms with van der Waals surface area (Å²) >= 11 is 1.02. The van der Waals surface area contributed by atoms with Crippen LogP contribution in [0, 0.1) is 5.82 Å². The van der Waals surface area contributed by atoms with E-state index < -0.39 is 5.91 Å². The second-order valence-corrected chi connectivity index (χ2v) is 6.12. The van der Waals surface area contributed by atoms with Crippen molar-refractivity contribution < 1.29 is 19.0 Å². The van der Waals surface area contributed by atoms with E-state index in [1.807, 2.05) is 5.48 Å². The Kier molecular flexibility index (Phi) is 4.76. The first-order valence-corrected chi connectivity index (χ1v) is 8.07. The first-order valence-electron chi connectivity index (χ1n) is 7.08. The number of fused-ring (bicyclic) bond motifs is 1. The molecule has 4 N–H and O–H groups in total. The molecule has 0 spiro atoms. The Labute approximate surface area is 140 Å². The number of rotatable bonds is 5. The standard InChI is InChI=1S/C14H14FN5O3S/c15-8-3-1-7-2-4-10(9(7)5-8)17-13(18-22)12-14(20-23-19-12)24-6-11(16)21/h1,3,5,10,22H,2,4,6H2,(H2,16,21)(H,17,18). The highest BCUT2D eigenvalue weighted by molar-refractivity contribution is 8.00. The number of carbonyl (C=O) groups excluding carboxylic acids is 1. The SMILES string of the molecule is NC(=O)CSc1nonc1C(=NC1CCc2ccc(F)cc21)NO. The Morgan fingerprint density at radius 2 is 2.38 bits per heavy atom. The maximum Gasteiger partial charge on any atom is 0.227 e. The van der Waals surface area contributed by atoms with E-state index in [1.54, 1.807) is 6.07 Å². The Morgan fingerprint density at radius 3 is 3.12 bits per heavy atom. The smallest absolute Gasteiger partial charge is 0.227 e. The topological polar surface area (TPSA) is 127 Å². The van der Waals surface area contributed by atoms with Gasteiger partial charge in [0.1, 0.15) is 5.82 Å². The lowest BCUT2D eigenvalue weighted by Gasteiger charge is -2.09. The predicted octanol–water partition coefficient (Wildman–Crippen LogP) is 1.20. The van der Waals surface area contributed by atoms with E-state index in [0.717, 1.165) is 29.3 Å². The van der Waals surface area contributed by atoms with Gasteiger partial charge in [-0.1, -0.05) is 17.8 Å². The minimum Gasteiger partial charge on any atom is -0.369 e. The van der Waals surface area contributed by atoms with Gasteiger partial charge in [0.2, 0.25) is 5.91 Å². The molecular weight excluding hydrogens is 337 g/mol. The second kappa shape index (κ2) is 6.97. The number of hydroxylamine groups is 1. The van der Waals surface area contributed by atoms with Crippen molar-refractivity contribution in [2.75, 3.05) is 5.75 Å². The number of nitrogens with one attached hydrogen (secondary N) is 1. The van der Waals surface area contributed by atoms with Gasteiger partial charge in [0.15, 0.2) is 16.6 Å². The number of amidine groups is 1. The van der Waals surface area contributed by atoms with Crippen LogP contribution >= 0.6 is 11.8 Å². The number of aromatic nitrogens is 2. The molecule has 1 aromatic carbocycles. The Hall–Kier alpha value is -2.46. The third-order valence-corrected chi connectivity index (χ3v) is 4.55. The number of halogens is 1. The molecule has 3 rings (SSSR count). The summed E-state index contributed by atoms with van der Waals surface area (Å²) in [7, 11) is 0. The number of thioether (sulfide) groups is 1. The number of aryl methyl sites for hydroxylation is 1. The molecule has 24 heavy (non-hydrogen) atoms. The Morgan fingerprint density at radius 1 is 1.54 bits per heavy atom. The summed E-state index contributed by atoms with van der Waals surface area (Å²) < 4.78 is 18.1. The van der Waals surface area contributed by atoms with Gasteiger partial charge in [-0.2, -0.15) is 0 Å². The molecule has 8 nitrogen and oxygen atoms in total. The van der Waals surface area contributed by atoms with Crippen LogP contribution in [0.1, 0.15) is 29.3 Å². The summed E-state index contributed by atoms with van der Waals surface area (Å²) in [6, 6.07) is 4.26. The van der Waals surface area contributed by atoms with Crippen molar-refractivity contribution in [3.63, 3.8) is 0 Å². The minimum absolute atomic E-state index is 0.0165. The number of hydrogen-bond donors (Lipinski definition) is 3. The van der Waals surface area contributed by atoms with Crippen molar-refractivity contribution in [3.8, 4) is 0 Å². The van der Waals surface area contributed by atoms with E-state index in [2.05, 4.69) is 19.9 Å². The second-order valence-electron chi connectivity index (χ2n) is 5.16. The molecule has 1 atom stereocenters. The molecule has 0 fully saturated rings. The van der Waals surface area contributed by atoms with E-state index in [9.17, 15) is 14.4 Å². The van der Waals surface area contributed by atoms with Crippen LogP contribution in [0.4, 0.5) is 4.39 Å². The normalized spacial score (nSPS) is 16.9. The fourth-order valence-electron chi connectivity index (χ4n) is 2.54. The zero-order valence-electron chi connectivity index (χ0n) is 12.4. The highest BCUT2D eigenvalue weighted by Crippen LogP contribution is 2.35. The van der Waals surface area contributed by atoms with E-state index in [4.69, 9.17) is 5.73 Å². The minimum atomic E-state index is -0.524. The number of aliphatic imine (C=N–C) groups is 1. The number of amides is 1. The molecule has 0 aliphatic heterocycles. The number of nitrogens with two attached hydrogens (primary N) is 1. The number of primary amides is 1. The summed E-state index contributed by atoms with van der Waals surface area (Å²) in [5.41, 5.74) is 9.01. The summed E-state index contributed by atoms with van der Waals surface area (Å²) in [5, 5.41) is 17.0. The van der Waals surface area contributed by atoms with Crippen molar-refractivity contribution >= 4 is 23.5 Å². The lowest BCUT2D eigenvalue weighted by molar-refractivity contribution is -0.115. The Balaban J connectivity index is 1.88. The van der Waals surface area contributed by atoms with E-state index >= 15 is 0 Å². The van der Waals surface area contributed by atoms with Gasteiger partial charge in [0.05, 0.1) is 11.8 Å². The molecule has 1 aliphatic rings. The maximum atomic E-state index is 13.5. The first kappa shape index (κ1) is 16.4. The summed E-state index contributed by atoms with van der Waals surface area (Å²) in [6.45, 7) is 0. The van der Waals surface area contributed by atoms with Crippen LogP contribution in [-0.4, -0.2) is 33.0 Å². The molecular formula is C14H14FN5O3S. The van der Waals surface area contributed by atoms with E-state index in [0.29, 0.717) is 6.42 Å². The van der Waals surface area contributed by atoms with Crippen molar-refractivity contribution in [1.29, 1.82) is 0 Å². The van der Waals surface area contributed by atoms with Crippen molar-refractivity contribution in [2.45, 2.75) is 23.9 Å². The van der Waals surface area contributed by atoms with Gasteiger partial charge in [-0.05, 0) is 46.4 Å². The van der Waals surface area contributed by atoms with Crippen molar-refractivity contribution in [3.05, 3.63) is 40.8 Å². The average Bonchev–Trinajstić information content (AvgIpc) is 3.17. The lowest BCUT2D eigenvalue weighted by Crippen LogP contribution is -2.23. The zero-order chi connectivity index (χ0) is 17.1. The number of hydrogen-bond acceptors (Lipinski definition) is 7. The highest BCUT2D eigenvalue weighted by atomic mass is 32.2. The summed E-state index contributed by atoms with van der Waals surface area (Å²) in [6.07, 6.45) is 1.45. The van der Waals surface area contributed by atoms with Crippen molar-refractivity contribution in [2.24, 2.45) is 10.7 Å². The highest BCUT2D eigenvalue weighted by Gasteiger charge is 2.25. The van der Waals surface area contributed by atoms with Gasteiger partial charge in [0, 0.05) is 0 Å². The predicted molar refractivity (Wildman–Crippen MR) is 83.1 cm³/mol. The molecule has 126 valence electrons. The van der Waals surface area contributed by atoms with Crippen LogP contribution in [0.15, 0.2) is 32.8 Å². The third-order valence-electron chi connectivity index (χ3n) is 3.58. The summed E-state index contributed by atoms with van der Waals surface area (Å²) in [4.78, 5) is 15.3. The molecule has 10 heteroatoms. The van der Waals surface area contributed by atoms with Crippen LogP contribution in [0.5, 0.6) is 0 Å². The fraction of sp³-hybridized carbons (Fsp3) is 0.286. The van der Waals surface area contributed by atoms with Crippen LogP contribution in [0.3, 0.4) is 0 Å². The lowest BCUT2D eigenvalue weighted by atomic mass is 10.1. The fourth-order valence-corrected chi connectivity index (χ4v) is 3.18. The number of nitrogens with zero attached hydrogens (tertiary/aromatic N) is 3. The van der Waals surface area contributed by atoms with Gasteiger partial charge in [-0.3, -0.25) is 20.5 Å². The molecule has 0 saturated heterocycles. The maximum absolute atomic E-state index is 13.5. The molecule has 1 aromatic heterocycles. The van der Waals surface area contributed by atoms with E-state index in [-0.39, 0.29) is 34.2 Å². The molecule has 0 saturated carbocycles. The van der Waals surface area contributed by atoms with Gasteiger partial charge >= 0.3 is 0 Å². The van der Waals surface area contributed by atoms with Crippen LogP contribution < -0.4 is 11.2 Å². The monoisotopic (exact) mass is 351 g/mol. The van der Waals surface area contributed by atoms with Gasteiger partial charge < -0.3 is 5.73 Å². The van der Waals surface area contributed by atoms with Gasteiger partial charge in [0.25, 0.3) is 0 Å². The van der Waals surface area contributed by atoms with Gasteiger partial charge in [-0.15, -0.1) is 0 Å². The average molecular weight is 351 g/mol. The van der Waals surface area contributed by atoms with Crippen LogP contribution in [0.25, 0.3) is 0 Å². The third kappa shape index (κ3) is 3.39. The number of benzene rings is 1. The summed E-state index contributed by atoms with van der Waals surface area (Å²) in [5.74, 6) is -0.845. The quantitative estimate of drug-likeness (QED) is 0.320. The van der Waals surface area contributed by atoms with Gasteiger partial charge in [-0.25, -0.2) is 9.02 Å². The molecule has 1 aliphatic carbocycles. The largest absolute Gasteiger partial charge is 0.369 e. The first-order chi connectivity index (χ1) is 11.6. The molecule has 1 amide bonds. The van der Waals surface area contributed by atoms with Crippen molar-refractivity contribution in [1.82, 2.24) is 15.8 Å². The molecule has 0 bridgehead atoms. The molecule has 0 radical (unpaired) electrons. The van der Waals surface area contributed by atoms with Crippen LogP contribution in [-0.2, 0) is 11.2 Å². The van der Waals surface area contributed by atoms with E-state index in [1.165, 1.54) is 12.1 Å². The zero-order valence-corrected chi connectivity index (χ0v) is 13.2. The Bertz CT molecular complexity index is 794. The van der Waals surface area contributed by atoms with Crippen LogP contribution in [0.2, 0.25) is 0 Å². The number of carbonyl (C=O) groups is 1. The molecule has 2 aromatic rings.